The van der Waals surface area contributed by atoms with Crippen LogP contribution >= 0.6 is 7.82 Å². The quantitative estimate of drug-likeness (QED) is 0.151. The molecule has 0 aromatic heterocycles. The molecular weight excluding hydrogens is 373 g/mol. The third kappa shape index (κ3) is 22.4. The number of unbranched alkanes of at least 4 members (excludes halogenated alkanes) is 15. The summed E-state index contributed by atoms with van der Waals surface area (Å²) >= 11 is 0. The molecule has 0 radical (unpaired) electrons. The third-order valence-corrected chi connectivity index (χ3v) is 6.06. The van der Waals surface area contributed by atoms with E-state index in [1.807, 2.05) is 19.0 Å². The van der Waals surface area contributed by atoms with Crippen molar-refractivity contribution in [1.82, 2.24) is 4.90 Å². The van der Waals surface area contributed by atoms with Crippen LogP contribution in [-0.4, -0.2) is 43.6 Å². The van der Waals surface area contributed by atoms with Crippen LogP contribution in [0.5, 0.6) is 0 Å². The number of phosphoric acid groups is 1. The summed E-state index contributed by atoms with van der Waals surface area (Å²) in [5, 5.41) is 0. The molecule has 0 heterocycles. The average molecular weight is 422 g/mol. The second-order valence-electron chi connectivity index (χ2n) is 8.24. The van der Waals surface area contributed by atoms with Crippen LogP contribution in [0.2, 0.25) is 0 Å². The van der Waals surface area contributed by atoms with Gasteiger partial charge in [0.05, 0.1) is 13.2 Å². The van der Waals surface area contributed by atoms with Gasteiger partial charge in [0.25, 0.3) is 0 Å². The predicted molar refractivity (Wildman–Crippen MR) is 120 cm³/mol. The zero-order valence-corrected chi connectivity index (χ0v) is 19.9. The molecule has 0 aromatic carbocycles. The Morgan fingerprint density at radius 1 is 0.643 bits per heavy atom. The molecule has 0 aliphatic heterocycles. The molecule has 28 heavy (non-hydrogen) atoms. The van der Waals surface area contributed by atoms with Gasteiger partial charge in [-0.2, -0.15) is 0 Å². The number of hydrogen-bond donors (Lipinski definition) is 1. The average Bonchev–Trinajstić information content (AvgIpc) is 2.63. The highest BCUT2D eigenvalue weighted by Gasteiger charge is 2.20. The summed E-state index contributed by atoms with van der Waals surface area (Å²) in [6.45, 7) is 3.38. The minimum atomic E-state index is -3.87. The largest absolute Gasteiger partial charge is 0.472 e. The molecule has 0 amide bonds. The molecule has 0 spiro atoms. The van der Waals surface area contributed by atoms with Crippen LogP contribution < -0.4 is 0 Å². The summed E-state index contributed by atoms with van der Waals surface area (Å²) in [6.07, 6.45) is 21.0. The van der Waals surface area contributed by atoms with E-state index in [4.69, 9.17) is 9.05 Å². The minimum absolute atomic E-state index is 0.208. The first kappa shape index (κ1) is 28.1. The van der Waals surface area contributed by atoms with Gasteiger partial charge in [0.15, 0.2) is 0 Å². The van der Waals surface area contributed by atoms with E-state index in [2.05, 4.69) is 6.92 Å². The summed E-state index contributed by atoms with van der Waals surface area (Å²) in [5.74, 6) is 0. The fourth-order valence-electron chi connectivity index (χ4n) is 3.21. The van der Waals surface area contributed by atoms with Crippen LogP contribution in [0.4, 0.5) is 0 Å². The first-order valence-electron chi connectivity index (χ1n) is 11.7. The Labute approximate surface area is 175 Å². The fraction of sp³-hybridized carbons (Fsp3) is 1.00. The Morgan fingerprint density at radius 2 is 1.00 bits per heavy atom. The minimum Gasteiger partial charge on any atom is -0.307 e. The molecule has 1 unspecified atom stereocenters. The molecular formula is C22H48NO4P. The van der Waals surface area contributed by atoms with Gasteiger partial charge in [-0.05, 0) is 20.5 Å². The van der Waals surface area contributed by atoms with Crippen LogP contribution in [-0.2, 0) is 13.6 Å². The first-order chi connectivity index (χ1) is 13.5. The van der Waals surface area contributed by atoms with Gasteiger partial charge in [-0.25, -0.2) is 4.57 Å². The van der Waals surface area contributed by atoms with Crippen LogP contribution in [0.15, 0.2) is 0 Å². The molecule has 0 rings (SSSR count). The second-order valence-corrected chi connectivity index (χ2v) is 9.70. The number of hydrogen-bond acceptors (Lipinski definition) is 4. The van der Waals surface area contributed by atoms with E-state index in [0.29, 0.717) is 13.2 Å². The lowest BCUT2D eigenvalue weighted by Crippen LogP contribution is -2.17. The summed E-state index contributed by atoms with van der Waals surface area (Å²) in [5.41, 5.74) is 0. The van der Waals surface area contributed by atoms with Crippen LogP contribution in [0, 0.1) is 0 Å². The normalized spacial score (nSPS) is 13.9. The summed E-state index contributed by atoms with van der Waals surface area (Å²) in [7, 11) is -0.0815. The van der Waals surface area contributed by atoms with Gasteiger partial charge in [-0.3, -0.25) is 9.05 Å². The SMILES string of the molecule is CCCCCCCCCCCCCCCCCCOP(=O)(O)OCCN(C)C. The van der Waals surface area contributed by atoms with Gasteiger partial charge in [0.1, 0.15) is 0 Å². The summed E-state index contributed by atoms with van der Waals surface area (Å²) < 4.78 is 21.6. The number of rotatable bonds is 22. The highest BCUT2D eigenvalue weighted by atomic mass is 31.2. The molecule has 0 saturated heterocycles. The molecule has 0 bridgehead atoms. The van der Waals surface area contributed by atoms with E-state index in [9.17, 15) is 9.46 Å². The van der Waals surface area contributed by atoms with Crippen molar-refractivity contribution in [2.75, 3.05) is 33.9 Å². The Bertz CT molecular complexity index is 366. The Morgan fingerprint density at radius 3 is 1.39 bits per heavy atom. The maximum absolute atomic E-state index is 11.6. The van der Waals surface area contributed by atoms with Gasteiger partial charge in [-0.15, -0.1) is 0 Å². The number of likely N-dealkylation sites (N-methyl/N-ethyl adjacent to an activating group) is 1. The Kier molecular flexibility index (Phi) is 20.4. The topological polar surface area (TPSA) is 59.0 Å². The van der Waals surface area contributed by atoms with E-state index in [1.165, 1.54) is 89.9 Å². The maximum Gasteiger partial charge on any atom is 0.472 e. The Balaban J connectivity index is 3.22. The van der Waals surface area contributed by atoms with Crippen molar-refractivity contribution in [3.8, 4) is 0 Å². The van der Waals surface area contributed by atoms with Crippen molar-refractivity contribution in [2.45, 2.75) is 110 Å². The van der Waals surface area contributed by atoms with Crippen molar-refractivity contribution in [1.29, 1.82) is 0 Å². The zero-order chi connectivity index (χ0) is 20.9. The molecule has 5 nitrogen and oxygen atoms in total. The molecule has 0 aliphatic rings. The van der Waals surface area contributed by atoms with Gasteiger partial charge < -0.3 is 9.79 Å². The maximum atomic E-state index is 11.6. The molecule has 1 atom stereocenters. The monoisotopic (exact) mass is 421 g/mol. The Hall–Kier alpha value is 0.0700. The van der Waals surface area contributed by atoms with Crippen molar-refractivity contribution in [3.63, 3.8) is 0 Å². The molecule has 170 valence electrons. The standard InChI is InChI=1S/C22H48NO4P/c1-4-5-6-7-8-9-10-11-12-13-14-15-16-17-18-19-21-26-28(24,25)27-22-20-23(2)3/h4-22H2,1-3H3,(H,24,25). The van der Waals surface area contributed by atoms with E-state index in [0.717, 1.165) is 12.8 Å². The second kappa shape index (κ2) is 20.3. The lowest BCUT2D eigenvalue weighted by atomic mass is 10.0. The van der Waals surface area contributed by atoms with Crippen molar-refractivity contribution < 1.29 is 18.5 Å². The van der Waals surface area contributed by atoms with Gasteiger partial charge in [0.2, 0.25) is 0 Å². The zero-order valence-electron chi connectivity index (χ0n) is 19.0. The lowest BCUT2D eigenvalue weighted by molar-refractivity contribution is 0.138. The predicted octanol–water partition coefficient (Wildman–Crippen LogP) is 6.94. The molecule has 0 aliphatic carbocycles. The highest BCUT2D eigenvalue weighted by Crippen LogP contribution is 2.43. The first-order valence-corrected chi connectivity index (χ1v) is 13.2. The lowest BCUT2D eigenvalue weighted by Gasteiger charge is -2.14. The van der Waals surface area contributed by atoms with Crippen molar-refractivity contribution in [2.24, 2.45) is 0 Å². The van der Waals surface area contributed by atoms with Gasteiger partial charge in [-0.1, -0.05) is 103 Å². The van der Waals surface area contributed by atoms with Gasteiger partial charge in [0, 0.05) is 6.54 Å². The van der Waals surface area contributed by atoms with E-state index in [1.54, 1.807) is 0 Å². The number of nitrogens with zero attached hydrogens (tertiary/aromatic N) is 1. The fourth-order valence-corrected chi connectivity index (χ4v) is 3.95. The van der Waals surface area contributed by atoms with Crippen LogP contribution in [0.3, 0.4) is 0 Å². The molecule has 0 aromatic rings. The van der Waals surface area contributed by atoms with E-state index >= 15 is 0 Å². The molecule has 6 heteroatoms. The molecule has 0 fully saturated rings. The molecule has 1 N–H and O–H groups in total. The third-order valence-electron chi connectivity index (χ3n) is 5.05. The smallest absolute Gasteiger partial charge is 0.307 e. The number of phosphoric ester groups is 1. The molecule has 0 saturated carbocycles. The van der Waals surface area contributed by atoms with E-state index in [-0.39, 0.29) is 6.61 Å². The highest BCUT2D eigenvalue weighted by molar-refractivity contribution is 7.47. The van der Waals surface area contributed by atoms with Crippen molar-refractivity contribution >= 4 is 7.82 Å². The van der Waals surface area contributed by atoms with Crippen molar-refractivity contribution in [3.05, 3.63) is 0 Å². The summed E-state index contributed by atoms with van der Waals surface area (Å²) in [6, 6.07) is 0. The summed E-state index contributed by atoms with van der Waals surface area (Å²) in [4.78, 5) is 11.4. The van der Waals surface area contributed by atoms with Crippen LogP contribution in [0.25, 0.3) is 0 Å². The van der Waals surface area contributed by atoms with Gasteiger partial charge >= 0.3 is 7.82 Å². The van der Waals surface area contributed by atoms with E-state index < -0.39 is 7.82 Å². The van der Waals surface area contributed by atoms with Crippen LogP contribution in [0.1, 0.15) is 110 Å².